The molecular formula is C20H20N6O. The van der Waals surface area contributed by atoms with E-state index in [0.717, 1.165) is 30.0 Å². The van der Waals surface area contributed by atoms with E-state index in [9.17, 15) is 4.79 Å². The quantitative estimate of drug-likeness (QED) is 0.573. The van der Waals surface area contributed by atoms with Crippen molar-refractivity contribution in [3.05, 3.63) is 83.8 Å². The molecular weight excluding hydrogens is 340 g/mol. The Labute approximate surface area is 156 Å². The first-order valence-corrected chi connectivity index (χ1v) is 8.83. The number of pyridine rings is 1. The number of rotatable bonds is 6. The fraction of sp³-hybridized carbons (Fsp3) is 0.200. The lowest BCUT2D eigenvalue weighted by Gasteiger charge is -2.07. The van der Waals surface area contributed by atoms with Crippen LogP contribution in [0.5, 0.6) is 0 Å². The summed E-state index contributed by atoms with van der Waals surface area (Å²) in [5.41, 5.74) is 3.49. The molecule has 4 aromatic rings. The Kier molecular flexibility index (Phi) is 4.65. The van der Waals surface area contributed by atoms with Gasteiger partial charge in [-0.15, -0.1) is 10.2 Å². The van der Waals surface area contributed by atoms with Gasteiger partial charge in [0.25, 0.3) is 5.91 Å². The molecule has 0 saturated carbocycles. The van der Waals surface area contributed by atoms with Gasteiger partial charge in [0.1, 0.15) is 17.7 Å². The number of carbonyl (C=O) groups is 1. The number of aryl methyl sites for hydroxylation is 3. The smallest absolute Gasteiger partial charge is 0.271 e. The van der Waals surface area contributed by atoms with Crippen LogP contribution in [0.4, 0.5) is 0 Å². The molecule has 0 aliphatic carbocycles. The second-order valence-electron chi connectivity index (χ2n) is 6.46. The van der Waals surface area contributed by atoms with Crippen molar-refractivity contribution in [3.8, 4) is 0 Å². The molecule has 1 aromatic carbocycles. The van der Waals surface area contributed by atoms with Gasteiger partial charge in [-0.1, -0.05) is 36.4 Å². The van der Waals surface area contributed by atoms with Crippen molar-refractivity contribution in [2.75, 3.05) is 0 Å². The Bertz CT molecular complexity index is 1070. The zero-order valence-electron chi connectivity index (χ0n) is 15.0. The van der Waals surface area contributed by atoms with E-state index in [0.29, 0.717) is 12.2 Å². The largest absolute Gasteiger partial charge is 0.343 e. The Morgan fingerprint density at radius 2 is 1.96 bits per heavy atom. The van der Waals surface area contributed by atoms with Crippen LogP contribution >= 0.6 is 0 Å². The van der Waals surface area contributed by atoms with Gasteiger partial charge in [-0.3, -0.25) is 4.79 Å². The van der Waals surface area contributed by atoms with E-state index in [1.165, 1.54) is 5.56 Å². The molecule has 0 bridgehead atoms. The highest BCUT2D eigenvalue weighted by molar-refractivity contribution is 5.92. The second-order valence-corrected chi connectivity index (χ2v) is 6.46. The molecule has 3 heterocycles. The Morgan fingerprint density at radius 1 is 1.11 bits per heavy atom. The third kappa shape index (κ3) is 3.87. The monoisotopic (exact) mass is 360 g/mol. The summed E-state index contributed by atoms with van der Waals surface area (Å²) in [6.45, 7) is 3.07. The Hall–Kier alpha value is -3.48. The summed E-state index contributed by atoms with van der Waals surface area (Å²) >= 11 is 0. The van der Waals surface area contributed by atoms with E-state index in [2.05, 4.69) is 32.6 Å². The average molecular weight is 360 g/mol. The average Bonchev–Trinajstić information content (AvgIpc) is 3.31. The molecule has 27 heavy (non-hydrogen) atoms. The van der Waals surface area contributed by atoms with Crippen LogP contribution < -0.4 is 5.32 Å². The number of fused-ring (bicyclic) bond motifs is 1. The highest BCUT2D eigenvalue weighted by atomic mass is 16.1. The summed E-state index contributed by atoms with van der Waals surface area (Å²) in [6, 6.07) is 14.1. The minimum absolute atomic E-state index is 0.228. The van der Waals surface area contributed by atoms with Gasteiger partial charge in [0, 0.05) is 18.9 Å². The first-order chi connectivity index (χ1) is 13.2. The predicted molar refractivity (Wildman–Crippen MR) is 101 cm³/mol. The van der Waals surface area contributed by atoms with Crippen LogP contribution in [0, 0.1) is 6.92 Å². The van der Waals surface area contributed by atoms with Crippen LogP contribution in [-0.2, 0) is 19.5 Å². The van der Waals surface area contributed by atoms with Gasteiger partial charge in [0.15, 0.2) is 5.82 Å². The maximum Gasteiger partial charge on any atom is 0.271 e. The molecule has 4 rings (SSSR count). The first-order valence-electron chi connectivity index (χ1n) is 8.83. The van der Waals surface area contributed by atoms with Gasteiger partial charge in [-0.25, -0.2) is 4.98 Å². The fourth-order valence-corrected chi connectivity index (χ4v) is 2.96. The number of aromatic nitrogens is 5. The Morgan fingerprint density at radius 3 is 2.81 bits per heavy atom. The molecule has 0 aliphatic heterocycles. The van der Waals surface area contributed by atoms with E-state index < -0.39 is 0 Å². The molecule has 0 radical (unpaired) electrons. The van der Waals surface area contributed by atoms with Crippen LogP contribution in [-0.4, -0.2) is 30.1 Å². The highest BCUT2D eigenvalue weighted by Crippen LogP contribution is 2.08. The van der Waals surface area contributed by atoms with Crippen LogP contribution in [0.3, 0.4) is 0 Å². The number of hydrogen-bond donors (Lipinski definition) is 1. The van der Waals surface area contributed by atoms with Gasteiger partial charge in [0.05, 0.1) is 6.54 Å². The van der Waals surface area contributed by atoms with Crippen molar-refractivity contribution in [2.45, 2.75) is 26.4 Å². The third-order valence-corrected chi connectivity index (χ3v) is 4.42. The topological polar surface area (TPSA) is 77.1 Å². The highest BCUT2D eigenvalue weighted by Gasteiger charge is 2.12. The van der Waals surface area contributed by atoms with Crippen molar-refractivity contribution in [1.82, 2.24) is 29.5 Å². The third-order valence-electron chi connectivity index (χ3n) is 4.42. The summed E-state index contributed by atoms with van der Waals surface area (Å²) in [4.78, 5) is 16.8. The molecule has 0 aliphatic rings. The molecule has 7 nitrogen and oxygen atoms in total. The molecule has 7 heteroatoms. The van der Waals surface area contributed by atoms with E-state index in [4.69, 9.17) is 0 Å². The maximum absolute atomic E-state index is 12.4. The number of benzene rings is 1. The normalized spacial score (nSPS) is 11.0. The molecule has 1 N–H and O–H groups in total. The molecule has 0 spiro atoms. The van der Waals surface area contributed by atoms with Gasteiger partial charge in [-0.2, -0.15) is 0 Å². The number of imidazole rings is 1. The number of carbonyl (C=O) groups excluding carboxylic acids is 1. The summed E-state index contributed by atoms with van der Waals surface area (Å²) in [5.74, 6) is 0.493. The van der Waals surface area contributed by atoms with Gasteiger partial charge in [0.2, 0.25) is 0 Å². The van der Waals surface area contributed by atoms with E-state index >= 15 is 0 Å². The second kappa shape index (κ2) is 7.41. The summed E-state index contributed by atoms with van der Waals surface area (Å²) in [5, 5.41) is 11.0. The van der Waals surface area contributed by atoms with Crippen LogP contribution in [0.1, 0.15) is 27.4 Å². The van der Waals surface area contributed by atoms with Crippen LogP contribution in [0.15, 0.2) is 61.2 Å². The SMILES string of the molecule is Cc1ccc2nc(C(=O)NCc3nncn3CCc3ccccc3)cn2c1. The molecule has 3 aromatic heterocycles. The van der Waals surface area contributed by atoms with Crippen molar-refractivity contribution < 1.29 is 4.79 Å². The summed E-state index contributed by atoms with van der Waals surface area (Å²) in [6.07, 6.45) is 6.25. The van der Waals surface area contributed by atoms with Gasteiger partial charge < -0.3 is 14.3 Å². The molecule has 0 atom stereocenters. The lowest BCUT2D eigenvalue weighted by atomic mass is 10.1. The lowest BCUT2D eigenvalue weighted by Crippen LogP contribution is -2.25. The van der Waals surface area contributed by atoms with Crippen molar-refractivity contribution in [3.63, 3.8) is 0 Å². The van der Waals surface area contributed by atoms with Gasteiger partial charge >= 0.3 is 0 Å². The summed E-state index contributed by atoms with van der Waals surface area (Å²) < 4.78 is 3.81. The predicted octanol–water partition coefficient (Wildman–Crippen LogP) is 2.41. The Balaban J connectivity index is 1.39. The number of nitrogens with one attached hydrogen (secondary N) is 1. The van der Waals surface area contributed by atoms with E-state index in [1.54, 1.807) is 12.5 Å². The first kappa shape index (κ1) is 17.0. The minimum Gasteiger partial charge on any atom is -0.343 e. The standard InChI is InChI=1S/C20H20N6O/c1-15-7-8-18-23-17(13-26(18)12-15)20(27)21-11-19-24-22-14-25(19)10-9-16-5-3-2-4-6-16/h2-8,12-14H,9-11H2,1H3,(H,21,27). The van der Waals surface area contributed by atoms with Gasteiger partial charge in [-0.05, 0) is 30.5 Å². The summed E-state index contributed by atoms with van der Waals surface area (Å²) in [7, 11) is 0. The molecule has 136 valence electrons. The fourth-order valence-electron chi connectivity index (χ4n) is 2.96. The van der Waals surface area contributed by atoms with Crippen LogP contribution in [0.2, 0.25) is 0 Å². The number of hydrogen-bond acceptors (Lipinski definition) is 4. The van der Waals surface area contributed by atoms with Crippen molar-refractivity contribution in [2.24, 2.45) is 0 Å². The molecule has 0 saturated heterocycles. The molecule has 1 amide bonds. The molecule has 0 unspecified atom stereocenters. The lowest BCUT2D eigenvalue weighted by molar-refractivity contribution is 0.0945. The minimum atomic E-state index is -0.228. The zero-order valence-corrected chi connectivity index (χ0v) is 15.0. The van der Waals surface area contributed by atoms with Crippen molar-refractivity contribution >= 4 is 11.6 Å². The maximum atomic E-state index is 12.4. The molecule has 0 fully saturated rings. The number of nitrogens with zero attached hydrogens (tertiary/aromatic N) is 5. The van der Waals surface area contributed by atoms with Crippen LogP contribution in [0.25, 0.3) is 5.65 Å². The van der Waals surface area contributed by atoms with Crippen molar-refractivity contribution in [1.29, 1.82) is 0 Å². The zero-order chi connectivity index (χ0) is 18.6. The number of amides is 1. The van der Waals surface area contributed by atoms with E-state index in [1.807, 2.05) is 52.4 Å². The van der Waals surface area contributed by atoms with E-state index in [-0.39, 0.29) is 5.91 Å².